The van der Waals surface area contributed by atoms with Gasteiger partial charge in [-0.2, -0.15) is 5.10 Å². The van der Waals surface area contributed by atoms with E-state index in [-0.39, 0.29) is 5.82 Å². The van der Waals surface area contributed by atoms with Crippen LogP contribution in [0.2, 0.25) is 0 Å². The molecule has 23 heavy (non-hydrogen) atoms. The second-order valence-corrected chi connectivity index (χ2v) is 6.37. The smallest absolute Gasteiger partial charge is 0.358 e. The molecule has 0 radical (unpaired) electrons. The largest absolute Gasteiger partial charge is 0.406 e. The number of aromatic amines is 1. The van der Waals surface area contributed by atoms with Crippen LogP contribution in [0.5, 0.6) is 0 Å². The quantitative estimate of drug-likeness (QED) is 0.679. The van der Waals surface area contributed by atoms with Gasteiger partial charge >= 0.3 is 5.82 Å². The number of anilines is 1. The summed E-state index contributed by atoms with van der Waals surface area (Å²) in [5, 5.41) is 18.5. The van der Waals surface area contributed by atoms with Crippen molar-refractivity contribution in [3.05, 3.63) is 28.1 Å². The van der Waals surface area contributed by atoms with Crippen molar-refractivity contribution in [2.24, 2.45) is 7.05 Å². The third-order valence-electron chi connectivity index (χ3n) is 4.70. The fourth-order valence-electron chi connectivity index (χ4n) is 3.26. The van der Waals surface area contributed by atoms with Crippen LogP contribution in [0.1, 0.15) is 49.2 Å². The highest BCUT2D eigenvalue weighted by Crippen LogP contribution is 2.39. The van der Waals surface area contributed by atoms with E-state index in [4.69, 9.17) is 0 Å². The molecule has 9 nitrogen and oxygen atoms in total. The Morgan fingerprint density at radius 2 is 2.00 bits per heavy atom. The van der Waals surface area contributed by atoms with E-state index in [1.54, 1.807) is 11.6 Å². The van der Waals surface area contributed by atoms with E-state index < -0.39 is 4.92 Å². The average molecular weight is 317 g/mol. The maximum absolute atomic E-state index is 11.1. The summed E-state index contributed by atoms with van der Waals surface area (Å²) in [5.41, 5.74) is 0. The lowest BCUT2D eigenvalue weighted by Gasteiger charge is -2.31. The fourth-order valence-corrected chi connectivity index (χ4v) is 3.26. The van der Waals surface area contributed by atoms with Gasteiger partial charge in [-0.05, 0) is 35.6 Å². The highest BCUT2D eigenvalue weighted by atomic mass is 16.6. The number of nitro groups is 1. The molecule has 0 unspecified atom stereocenters. The van der Waals surface area contributed by atoms with E-state index in [1.807, 2.05) is 4.90 Å². The molecule has 2 aromatic rings. The molecule has 2 fully saturated rings. The monoisotopic (exact) mass is 317 g/mol. The zero-order valence-corrected chi connectivity index (χ0v) is 13.0. The van der Waals surface area contributed by atoms with Crippen LogP contribution in [0.3, 0.4) is 0 Å². The van der Waals surface area contributed by atoms with Gasteiger partial charge in [-0.15, -0.1) is 0 Å². The van der Waals surface area contributed by atoms with Crippen LogP contribution in [-0.4, -0.2) is 42.7 Å². The Labute approximate surface area is 132 Å². The van der Waals surface area contributed by atoms with Crippen molar-refractivity contribution in [2.75, 3.05) is 18.0 Å². The van der Waals surface area contributed by atoms with E-state index >= 15 is 0 Å². The lowest BCUT2D eigenvalue weighted by atomic mass is 9.96. The van der Waals surface area contributed by atoms with E-state index in [0.29, 0.717) is 17.7 Å². The van der Waals surface area contributed by atoms with Gasteiger partial charge in [-0.3, -0.25) is 9.67 Å². The van der Waals surface area contributed by atoms with Crippen LogP contribution < -0.4 is 4.90 Å². The first kappa shape index (κ1) is 14.2. The summed E-state index contributed by atoms with van der Waals surface area (Å²) in [6.45, 7) is 1.51. The second kappa shape index (κ2) is 5.32. The molecule has 3 heterocycles. The molecule has 0 atom stereocenters. The highest BCUT2D eigenvalue weighted by Gasteiger charge is 2.32. The number of imidazole rings is 1. The highest BCUT2D eigenvalue weighted by molar-refractivity contribution is 5.54. The van der Waals surface area contributed by atoms with Gasteiger partial charge in [0, 0.05) is 32.0 Å². The molecule has 2 aromatic heterocycles. The van der Waals surface area contributed by atoms with Gasteiger partial charge in [0.15, 0.2) is 5.82 Å². The molecule has 1 aliphatic carbocycles. The molecule has 0 spiro atoms. The van der Waals surface area contributed by atoms with Gasteiger partial charge in [0.25, 0.3) is 0 Å². The zero-order valence-electron chi connectivity index (χ0n) is 13.0. The summed E-state index contributed by atoms with van der Waals surface area (Å²) in [6, 6.07) is 0. The van der Waals surface area contributed by atoms with E-state index in [2.05, 4.69) is 20.2 Å². The molecule has 2 aliphatic rings. The summed E-state index contributed by atoms with van der Waals surface area (Å²) in [5.74, 6) is 3.33. The summed E-state index contributed by atoms with van der Waals surface area (Å²) in [7, 11) is 1.79. The first-order valence-electron chi connectivity index (χ1n) is 7.96. The van der Waals surface area contributed by atoms with Gasteiger partial charge in [0.05, 0.1) is 0 Å². The van der Waals surface area contributed by atoms with Crippen LogP contribution in [0, 0.1) is 10.1 Å². The van der Waals surface area contributed by atoms with Crippen LogP contribution in [0.15, 0.2) is 6.33 Å². The number of hydrogen-bond acceptors (Lipinski definition) is 6. The lowest BCUT2D eigenvalue weighted by molar-refractivity contribution is -0.388. The molecule has 4 rings (SSSR count). The number of nitrogens with zero attached hydrogens (tertiary/aromatic N) is 6. The molecule has 1 saturated carbocycles. The van der Waals surface area contributed by atoms with Crippen molar-refractivity contribution in [3.63, 3.8) is 0 Å². The molecular formula is C14H19N7O2. The topological polar surface area (TPSA) is 106 Å². The third-order valence-corrected chi connectivity index (χ3v) is 4.70. The Hall–Kier alpha value is -2.45. The Morgan fingerprint density at radius 3 is 2.65 bits per heavy atom. The molecule has 1 aliphatic heterocycles. The van der Waals surface area contributed by atoms with Gasteiger partial charge in [-0.25, -0.2) is 4.98 Å². The molecule has 0 amide bonds. The maximum atomic E-state index is 11.1. The predicted octanol–water partition coefficient (Wildman–Crippen LogP) is 1.71. The summed E-state index contributed by atoms with van der Waals surface area (Å²) >= 11 is 0. The summed E-state index contributed by atoms with van der Waals surface area (Å²) in [6.07, 6.45) is 5.70. The molecule has 122 valence electrons. The minimum absolute atomic E-state index is 0.0679. The van der Waals surface area contributed by atoms with Crippen LogP contribution in [-0.2, 0) is 7.05 Å². The van der Waals surface area contributed by atoms with Crippen molar-refractivity contribution in [2.45, 2.75) is 37.5 Å². The predicted molar refractivity (Wildman–Crippen MR) is 82.4 cm³/mol. The molecule has 1 N–H and O–H groups in total. The lowest BCUT2D eigenvalue weighted by Crippen LogP contribution is -2.34. The van der Waals surface area contributed by atoms with Crippen molar-refractivity contribution in [1.82, 2.24) is 24.7 Å². The van der Waals surface area contributed by atoms with Crippen molar-refractivity contribution in [1.29, 1.82) is 0 Å². The van der Waals surface area contributed by atoms with Gasteiger partial charge < -0.3 is 15.0 Å². The first-order chi connectivity index (χ1) is 11.1. The van der Waals surface area contributed by atoms with Gasteiger partial charge in [-0.1, -0.05) is 0 Å². The molecule has 0 aromatic carbocycles. The number of hydrogen-bond donors (Lipinski definition) is 1. The minimum Gasteiger partial charge on any atom is -0.358 e. The Balaban J connectivity index is 1.46. The van der Waals surface area contributed by atoms with E-state index in [0.717, 1.165) is 37.6 Å². The number of aryl methyl sites for hydroxylation is 1. The minimum atomic E-state index is -0.417. The number of nitrogens with one attached hydrogen (secondary N) is 1. The van der Waals surface area contributed by atoms with E-state index in [1.165, 1.54) is 19.2 Å². The van der Waals surface area contributed by atoms with Crippen LogP contribution in [0.25, 0.3) is 0 Å². The normalized spacial score (nSPS) is 19.3. The molecular weight excluding hydrogens is 298 g/mol. The summed E-state index contributed by atoms with van der Waals surface area (Å²) < 4.78 is 1.72. The second-order valence-electron chi connectivity index (χ2n) is 6.37. The standard InChI is InChI=1S/C14H19N7O2/c1-19-8-15-13(21(22)23)14(19)20-6-4-10(5-7-20)12-16-11(17-18-12)9-2-3-9/h8-10H,2-7H2,1H3,(H,16,17,18). The molecule has 9 heteroatoms. The van der Waals surface area contributed by atoms with Gasteiger partial charge in [0.2, 0.25) is 12.1 Å². The Kier molecular flexibility index (Phi) is 3.28. The van der Waals surface area contributed by atoms with E-state index in [9.17, 15) is 10.1 Å². The SMILES string of the molecule is Cn1cnc([N+](=O)[O-])c1N1CCC(c2nc(C3CC3)n[nH]2)CC1. The number of piperidine rings is 1. The van der Waals surface area contributed by atoms with Crippen molar-refractivity contribution < 1.29 is 4.92 Å². The van der Waals surface area contributed by atoms with Crippen LogP contribution >= 0.6 is 0 Å². The number of rotatable bonds is 4. The third kappa shape index (κ3) is 2.55. The van der Waals surface area contributed by atoms with Crippen LogP contribution in [0.4, 0.5) is 11.6 Å². The molecule has 0 bridgehead atoms. The Bertz CT molecular complexity index is 725. The van der Waals surface area contributed by atoms with Gasteiger partial charge in [0.1, 0.15) is 5.82 Å². The van der Waals surface area contributed by atoms with Crippen molar-refractivity contribution in [3.8, 4) is 0 Å². The summed E-state index contributed by atoms with van der Waals surface area (Å²) in [4.78, 5) is 21.3. The number of H-pyrrole nitrogens is 1. The first-order valence-corrected chi connectivity index (χ1v) is 7.96. The van der Waals surface area contributed by atoms with Crippen molar-refractivity contribution >= 4 is 11.6 Å². The molecule has 1 saturated heterocycles. The zero-order chi connectivity index (χ0) is 16.0. The number of aromatic nitrogens is 5. The fraction of sp³-hybridized carbons (Fsp3) is 0.643. The Morgan fingerprint density at radius 1 is 1.26 bits per heavy atom. The maximum Gasteiger partial charge on any atom is 0.406 e. The average Bonchev–Trinajstić information content (AvgIpc) is 3.14.